The summed E-state index contributed by atoms with van der Waals surface area (Å²) in [7, 11) is 0. The highest BCUT2D eigenvalue weighted by Gasteiger charge is 2.32. The van der Waals surface area contributed by atoms with Crippen LogP contribution in [0.3, 0.4) is 0 Å². The molecular weight excluding hydrogens is 533 g/mol. The summed E-state index contributed by atoms with van der Waals surface area (Å²) in [5, 5.41) is 6.08. The van der Waals surface area contributed by atoms with E-state index in [1.54, 1.807) is 4.90 Å². The fourth-order valence-electron chi connectivity index (χ4n) is 3.43. The average Bonchev–Trinajstić information content (AvgIpc) is 3.21. The first kappa shape index (κ1) is 26.6. The minimum atomic E-state index is -4.81. The highest BCUT2D eigenvalue weighted by atomic mass is 79.9. The van der Waals surface area contributed by atoms with Gasteiger partial charge >= 0.3 is 12.5 Å². The Hall–Kier alpha value is -2.96. The lowest BCUT2D eigenvalue weighted by atomic mass is 10.1. The zero-order chi connectivity index (χ0) is 25.8. The Morgan fingerprint density at radius 3 is 2.71 bits per heavy atom. The number of aromatic nitrogens is 2. The molecule has 2 aromatic rings. The molecule has 1 fully saturated rings. The monoisotopic (exact) mass is 560 g/mol. The van der Waals surface area contributed by atoms with Gasteiger partial charge in [0.1, 0.15) is 11.4 Å². The Bertz CT molecular complexity index is 1050. The summed E-state index contributed by atoms with van der Waals surface area (Å²) in [5.41, 5.74) is 5.90. The van der Waals surface area contributed by atoms with Crippen LogP contribution in [0.15, 0.2) is 28.9 Å². The maximum Gasteiger partial charge on any atom is 0.573 e. The fourth-order valence-corrected chi connectivity index (χ4v) is 3.84. The molecule has 1 aliphatic heterocycles. The lowest BCUT2D eigenvalue weighted by Crippen LogP contribution is -2.35. The highest BCUT2D eigenvalue weighted by molar-refractivity contribution is 9.10. The molecule has 1 aliphatic rings. The number of nitrogen functional groups attached to an aromatic ring is 1. The zero-order valence-electron chi connectivity index (χ0n) is 19.6. The van der Waals surface area contributed by atoms with Crippen molar-refractivity contribution in [3.63, 3.8) is 0 Å². The molecule has 0 unspecified atom stereocenters. The predicted molar refractivity (Wildman–Crippen MR) is 129 cm³/mol. The van der Waals surface area contributed by atoms with E-state index in [1.807, 2.05) is 20.8 Å². The van der Waals surface area contributed by atoms with Gasteiger partial charge in [0, 0.05) is 36.2 Å². The van der Waals surface area contributed by atoms with Gasteiger partial charge in [0.25, 0.3) is 0 Å². The van der Waals surface area contributed by atoms with Gasteiger partial charge in [-0.1, -0.05) is 15.9 Å². The summed E-state index contributed by atoms with van der Waals surface area (Å²) < 4.78 is 48.3. The number of likely N-dealkylation sites (tertiary alicyclic amines) is 1. The van der Waals surface area contributed by atoms with E-state index in [0.29, 0.717) is 30.1 Å². The van der Waals surface area contributed by atoms with Crippen LogP contribution >= 0.6 is 15.9 Å². The average molecular weight is 561 g/mol. The van der Waals surface area contributed by atoms with Crippen molar-refractivity contribution in [3.8, 4) is 5.75 Å². The van der Waals surface area contributed by atoms with Crippen LogP contribution in [0.4, 0.5) is 35.4 Å². The molecule has 192 valence electrons. The standard InChI is InChI=1S/C22H28BrF3N6O3/c1-21(2,3)35-20(33)32-7-6-13(12-32)9-29-19-30-11-16(27)18(31-19)28-10-14-8-15(23)4-5-17(14)34-22(24,25)26/h4-5,8,11,13H,6-7,9-10,12,27H2,1-3H3,(H2,28,29,30,31)/t13-/m0/s1. The topological polar surface area (TPSA) is 115 Å². The molecular formula is C22H28BrF3N6O3. The molecule has 9 nitrogen and oxygen atoms in total. The number of ether oxygens (including phenoxy) is 2. The van der Waals surface area contributed by atoms with Crippen LogP contribution in [0.1, 0.15) is 32.8 Å². The Morgan fingerprint density at radius 2 is 2.03 bits per heavy atom. The molecule has 1 aromatic carbocycles. The number of carbonyl (C=O) groups is 1. The maximum atomic E-state index is 12.7. The zero-order valence-corrected chi connectivity index (χ0v) is 21.2. The van der Waals surface area contributed by atoms with Gasteiger partial charge in [0.15, 0.2) is 5.82 Å². The summed E-state index contributed by atoms with van der Waals surface area (Å²) in [6, 6.07) is 4.20. The Labute approximate surface area is 209 Å². The number of halogens is 4. The van der Waals surface area contributed by atoms with E-state index in [2.05, 4.69) is 41.3 Å². The Morgan fingerprint density at radius 1 is 1.29 bits per heavy atom. The first-order valence-electron chi connectivity index (χ1n) is 10.9. The molecule has 1 aromatic heterocycles. The molecule has 2 heterocycles. The van der Waals surface area contributed by atoms with E-state index >= 15 is 0 Å². The lowest BCUT2D eigenvalue weighted by molar-refractivity contribution is -0.274. The molecule has 1 amide bonds. The lowest BCUT2D eigenvalue weighted by Gasteiger charge is -2.24. The van der Waals surface area contributed by atoms with Crippen molar-refractivity contribution >= 4 is 39.5 Å². The number of nitrogens with two attached hydrogens (primary N) is 1. The van der Waals surface area contributed by atoms with E-state index in [1.165, 1.54) is 24.4 Å². The second-order valence-electron chi connectivity index (χ2n) is 9.11. The number of benzene rings is 1. The second kappa shape index (κ2) is 10.8. The van der Waals surface area contributed by atoms with Crippen molar-refractivity contribution in [2.24, 2.45) is 5.92 Å². The first-order chi connectivity index (χ1) is 16.3. The number of alkyl halides is 3. The normalized spacial score (nSPS) is 16.2. The Balaban J connectivity index is 1.58. The molecule has 0 bridgehead atoms. The molecule has 1 saturated heterocycles. The minimum absolute atomic E-state index is 0.0149. The number of carbonyl (C=O) groups excluding carboxylic acids is 1. The van der Waals surface area contributed by atoms with Gasteiger partial charge in [0.05, 0.1) is 11.9 Å². The number of nitrogens with one attached hydrogen (secondary N) is 2. The summed E-state index contributed by atoms with van der Waals surface area (Å²) in [4.78, 5) is 22.4. The Kier molecular flexibility index (Phi) is 8.18. The number of hydrogen-bond donors (Lipinski definition) is 3. The van der Waals surface area contributed by atoms with Crippen molar-refractivity contribution in [2.45, 2.75) is 45.7 Å². The first-order valence-corrected chi connectivity index (χ1v) is 11.7. The van der Waals surface area contributed by atoms with Gasteiger partial charge in [-0.25, -0.2) is 9.78 Å². The molecule has 0 aliphatic carbocycles. The summed E-state index contributed by atoms with van der Waals surface area (Å²) in [5.74, 6) is 0.430. The van der Waals surface area contributed by atoms with Crippen LogP contribution in [-0.2, 0) is 11.3 Å². The fraction of sp³-hybridized carbons (Fsp3) is 0.500. The van der Waals surface area contributed by atoms with Crippen LogP contribution in [0.5, 0.6) is 5.75 Å². The van der Waals surface area contributed by atoms with E-state index in [-0.39, 0.29) is 41.4 Å². The van der Waals surface area contributed by atoms with Crippen molar-refractivity contribution in [3.05, 3.63) is 34.4 Å². The van der Waals surface area contributed by atoms with Crippen LogP contribution in [0.2, 0.25) is 0 Å². The number of rotatable bonds is 7. The van der Waals surface area contributed by atoms with Gasteiger partial charge in [-0.2, -0.15) is 4.98 Å². The highest BCUT2D eigenvalue weighted by Crippen LogP contribution is 2.30. The molecule has 0 spiro atoms. The smallest absolute Gasteiger partial charge is 0.444 e. The van der Waals surface area contributed by atoms with Crippen molar-refractivity contribution in [1.82, 2.24) is 14.9 Å². The van der Waals surface area contributed by atoms with Crippen LogP contribution in [-0.4, -0.2) is 52.6 Å². The maximum absolute atomic E-state index is 12.7. The molecule has 0 radical (unpaired) electrons. The summed E-state index contributed by atoms with van der Waals surface area (Å²) in [6.45, 7) is 7.13. The third kappa shape index (κ3) is 8.34. The third-order valence-electron chi connectivity index (χ3n) is 5.00. The molecule has 35 heavy (non-hydrogen) atoms. The second-order valence-corrected chi connectivity index (χ2v) is 10.0. The van der Waals surface area contributed by atoms with Gasteiger partial charge in [-0.15, -0.1) is 13.2 Å². The van der Waals surface area contributed by atoms with Gasteiger partial charge < -0.3 is 30.7 Å². The largest absolute Gasteiger partial charge is 0.573 e. The quantitative estimate of drug-likeness (QED) is 0.433. The van der Waals surface area contributed by atoms with Crippen LogP contribution in [0, 0.1) is 5.92 Å². The molecule has 0 saturated carbocycles. The molecule has 4 N–H and O–H groups in total. The number of anilines is 3. The van der Waals surface area contributed by atoms with E-state index in [0.717, 1.165) is 6.42 Å². The summed E-state index contributed by atoms with van der Waals surface area (Å²) in [6.07, 6.45) is -2.94. The van der Waals surface area contributed by atoms with Crippen molar-refractivity contribution in [2.75, 3.05) is 36.0 Å². The van der Waals surface area contributed by atoms with E-state index in [9.17, 15) is 18.0 Å². The molecule has 1 atom stereocenters. The van der Waals surface area contributed by atoms with Gasteiger partial charge in [0.2, 0.25) is 5.95 Å². The van der Waals surface area contributed by atoms with Gasteiger partial charge in [-0.3, -0.25) is 0 Å². The van der Waals surface area contributed by atoms with E-state index in [4.69, 9.17) is 10.5 Å². The third-order valence-corrected chi connectivity index (χ3v) is 5.49. The molecule has 13 heteroatoms. The van der Waals surface area contributed by atoms with Crippen LogP contribution in [0.25, 0.3) is 0 Å². The molecule has 3 rings (SSSR count). The summed E-state index contributed by atoms with van der Waals surface area (Å²) >= 11 is 3.25. The number of amides is 1. The van der Waals surface area contributed by atoms with Crippen molar-refractivity contribution in [1.29, 1.82) is 0 Å². The predicted octanol–water partition coefficient (Wildman–Crippen LogP) is 5.00. The van der Waals surface area contributed by atoms with Crippen molar-refractivity contribution < 1.29 is 27.4 Å². The van der Waals surface area contributed by atoms with Gasteiger partial charge in [-0.05, 0) is 51.3 Å². The number of hydrogen-bond acceptors (Lipinski definition) is 8. The van der Waals surface area contributed by atoms with Crippen LogP contribution < -0.4 is 21.1 Å². The minimum Gasteiger partial charge on any atom is -0.444 e. The van der Waals surface area contributed by atoms with E-state index < -0.39 is 12.0 Å². The number of nitrogens with zero attached hydrogens (tertiary/aromatic N) is 3. The SMILES string of the molecule is CC(C)(C)OC(=O)N1CC[C@@H](CNc2ncc(N)c(NCc3cc(Br)ccc3OC(F)(F)F)n2)C1.